The molecule has 0 spiro atoms. The van der Waals surface area contributed by atoms with Crippen LogP contribution in [0.5, 0.6) is 0 Å². The summed E-state index contributed by atoms with van der Waals surface area (Å²) < 4.78 is 0. The molecule has 0 atom stereocenters. The molecule has 0 aliphatic carbocycles. The highest BCUT2D eigenvalue weighted by Gasteiger charge is 1.83. The first kappa shape index (κ1) is 10.2. The van der Waals surface area contributed by atoms with E-state index in [1.807, 2.05) is 32.9 Å². The first-order chi connectivity index (χ1) is 5.20. The molecule has 0 radical (unpaired) electrons. The van der Waals surface area contributed by atoms with Gasteiger partial charge in [0.1, 0.15) is 0 Å². The second kappa shape index (κ2) is 5.90. The van der Waals surface area contributed by atoms with Crippen molar-refractivity contribution >= 4 is 5.71 Å². The van der Waals surface area contributed by atoms with E-state index >= 15 is 0 Å². The Labute approximate surface area is 69.5 Å². The zero-order chi connectivity index (χ0) is 8.69. The van der Waals surface area contributed by atoms with E-state index in [4.69, 9.17) is 0 Å². The third kappa shape index (κ3) is 5.59. The van der Waals surface area contributed by atoms with Crippen LogP contribution in [0.4, 0.5) is 0 Å². The molecule has 1 heteroatoms. The molecule has 0 aliphatic rings. The molecule has 0 unspecified atom stereocenters. The molecule has 0 aromatic rings. The molecule has 0 rings (SSSR count). The van der Waals surface area contributed by atoms with E-state index in [1.165, 1.54) is 0 Å². The van der Waals surface area contributed by atoms with Crippen LogP contribution < -0.4 is 0 Å². The molecular formula is C10H17N. The summed E-state index contributed by atoms with van der Waals surface area (Å²) in [5, 5.41) is 0. The van der Waals surface area contributed by atoms with Gasteiger partial charge < -0.3 is 0 Å². The maximum absolute atomic E-state index is 4.35. The number of hydrogen-bond donors (Lipinski definition) is 0. The van der Waals surface area contributed by atoms with Crippen LogP contribution in [0.1, 0.15) is 34.1 Å². The fourth-order valence-electron chi connectivity index (χ4n) is 0.898. The third-order valence-corrected chi connectivity index (χ3v) is 1.26. The van der Waals surface area contributed by atoms with Crippen molar-refractivity contribution in [2.24, 2.45) is 4.99 Å². The lowest BCUT2D eigenvalue weighted by Crippen LogP contribution is -1.83. The summed E-state index contributed by atoms with van der Waals surface area (Å²) in [7, 11) is 0. The molecule has 62 valence electrons. The molecule has 0 saturated carbocycles. The van der Waals surface area contributed by atoms with Gasteiger partial charge in [-0.15, -0.1) is 0 Å². The molecule has 0 aromatic carbocycles. The summed E-state index contributed by atoms with van der Waals surface area (Å²) in [5.74, 6) is 0. The van der Waals surface area contributed by atoms with Gasteiger partial charge in [0.25, 0.3) is 0 Å². The molecule has 0 amide bonds. The monoisotopic (exact) mass is 151 g/mol. The molecule has 0 fully saturated rings. The second-order valence-corrected chi connectivity index (χ2v) is 2.51. The molecule has 0 aliphatic heterocycles. The van der Waals surface area contributed by atoms with Crippen LogP contribution in [0.2, 0.25) is 0 Å². The summed E-state index contributed by atoms with van der Waals surface area (Å²) >= 11 is 0. The van der Waals surface area contributed by atoms with Crippen molar-refractivity contribution in [3.8, 4) is 0 Å². The van der Waals surface area contributed by atoms with Gasteiger partial charge in [0.2, 0.25) is 0 Å². The summed E-state index contributed by atoms with van der Waals surface area (Å²) in [4.78, 5) is 4.35. The Balaban J connectivity index is 4.18. The molecular weight excluding hydrogens is 134 g/mol. The first-order valence-electron chi connectivity index (χ1n) is 4.05. The molecule has 0 heterocycles. The van der Waals surface area contributed by atoms with Gasteiger partial charge in [-0.25, -0.2) is 0 Å². The third-order valence-electron chi connectivity index (χ3n) is 1.26. The Kier molecular flexibility index (Phi) is 5.44. The van der Waals surface area contributed by atoms with Crippen LogP contribution in [0.3, 0.4) is 0 Å². The fourth-order valence-corrected chi connectivity index (χ4v) is 0.898. The van der Waals surface area contributed by atoms with Gasteiger partial charge in [-0.05, 0) is 33.3 Å². The lowest BCUT2D eigenvalue weighted by molar-refractivity contribution is 1.15. The van der Waals surface area contributed by atoms with Gasteiger partial charge >= 0.3 is 0 Å². The predicted octanol–water partition coefficient (Wildman–Crippen LogP) is 3.34. The zero-order valence-corrected chi connectivity index (χ0v) is 7.89. The van der Waals surface area contributed by atoms with E-state index in [-0.39, 0.29) is 0 Å². The Morgan fingerprint density at radius 2 is 2.00 bits per heavy atom. The van der Waals surface area contributed by atoms with Gasteiger partial charge in [-0.1, -0.05) is 19.1 Å². The van der Waals surface area contributed by atoms with Crippen molar-refractivity contribution in [1.29, 1.82) is 0 Å². The van der Waals surface area contributed by atoms with Crippen molar-refractivity contribution in [2.75, 3.05) is 0 Å². The standard InChI is InChI=1S/C10H17N/c1-5-7-9(3)11-10(4)8-6-2/h5,7-8H,6H2,1-4H3/b7-5?,10-8+,11-9?. The maximum atomic E-state index is 4.35. The Morgan fingerprint density at radius 3 is 2.45 bits per heavy atom. The normalized spacial score (nSPS) is 14.5. The first-order valence-corrected chi connectivity index (χ1v) is 4.05. The van der Waals surface area contributed by atoms with E-state index in [0.717, 1.165) is 17.8 Å². The van der Waals surface area contributed by atoms with Crippen LogP contribution in [-0.4, -0.2) is 5.71 Å². The minimum absolute atomic E-state index is 1.05. The van der Waals surface area contributed by atoms with Crippen molar-refractivity contribution in [2.45, 2.75) is 34.1 Å². The van der Waals surface area contributed by atoms with E-state index < -0.39 is 0 Å². The van der Waals surface area contributed by atoms with Crippen molar-refractivity contribution in [3.05, 3.63) is 23.9 Å². The van der Waals surface area contributed by atoms with E-state index in [9.17, 15) is 0 Å². The largest absolute Gasteiger partial charge is 0.259 e. The average Bonchev–Trinajstić information content (AvgIpc) is 1.87. The number of nitrogens with zero attached hydrogens (tertiary/aromatic N) is 1. The number of rotatable bonds is 3. The highest BCUT2D eigenvalue weighted by Crippen LogP contribution is 1.97. The smallest absolute Gasteiger partial charge is 0.0372 e. The molecule has 0 bridgehead atoms. The average molecular weight is 151 g/mol. The van der Waals surface area contributed by atoms with Crippen molar-refractivity contribution < 1.29 is 0 Å². The zero-order valence-electron chi connectivity index (χ0n) is 7.89. The number of aliphatic imine (C=N–C) groups is 1. The second-order valence-electron chi connectivity index (χ2n) is 2.51. The number of hydrogen-bond acceptors (Lipinski definition) is 1. The summed E-state index contributed by atoms with van der Waals surface area (Å²) in [6, 6.07) is 0. The van der Waals surface area contributed by atoms with Crippen molar-refractivity contribution in [1.82, 2.24) is 0 Å². The lowest BCUT2D eigenvalue weighted by Gasteiger charge is -1.92. The summed E-state index contributed by atoms with van der Waals surface area (Å²) in [5.41, 5.74) is 2.16. The van der Waals surface area contributed by atoms with Crippen molar-refractivity contribution in [3.63, 3.8) is 0 Å². The van der Waals surface area contributed by atoms with Crippen LogP contribution >= 0.6 is 0 Å². The lowest BCUT2D eigenvalue weighted by atomic mass is 10.3. The molecule has 0 N–H and O–H groups in total. The Hall–Kier alpha value is -0.850. The van der Waals surface area contributed by atoms with Crippen LogP contribution in [0.15, 0.2) is 28.9 Å². The Bertz CT molecular complexity index is 185. The summed E-state index contributed by atoms with van der Waals surface area (Å²) in [6.07, 6.45) is 7.18. The maximum Gasteiger partial charge on any atom is 0.0372 e. The minimum Gasteiger partial charge on any atom is -0.259 e. The number of allylic oxidation sites excluding steroid dienone is 4. The topological polar surface area (TPSA) is 12.4 Å². The van der Waals surface area contributed by atoms with Gasteiger partial charge in [0, 0.05) is 11.4 Å². The molecule has 11 heavy (non-hydrogen) atoms. The van der Waals surface area contributed by atoms with Gasteiger partial charge in [0.05, 0.1) is 0 Å². The van der Waals surface area contributed by atoms with Crippen LogP contribution in [0, 0.1) is 0 Å². The van der Waals surface area contributed by atoms with Crippen LogP contribution in [0.25, 0.3) is 0 Å². The highest BCUT2D eigenvalue weighted by atomic mass is 14.7. The molecule has 0 saturated heterocycles. The quantitative estimate of drug-likeness (QED) is 0.548. The van der Waals surface area contributed by atoms with E-state index in [0.29, 0.717) is 0 Å². The minimum atomic E-state index is 1.05. The van der Waals surface area contributed by atoms with Gasteiger partial charge in [-0.3, -0.25) is 4.99 Å². The van der Waals surface area contributed by atoms with E-state index in [2.05, 4.69) is 18.0 Å². The molecule has 0 aromatic heterocycles. The Morgan fingerprint density at radius 1 is 1.36 bits per heavy atom. The SMILES string of the molecule is CC=CC(C)=N/C(C)=C/CC. The molecule has 1 nitrogen and oxygen atoms in total. The van der Waals surface area contributed by atoms with Gasteiger partial charge in [0.15, 0.2) is 0 Å². The predicted molar refractivity (Wildman–Crippen MR) is 52.0 cm³/mol. The fraction of sp³-hybridized carbons (Fsp3) is 0.500. The highest BCUT2D eigenvalue weighted by molar-refractivity contribution is 5.93. The van der Waals surface area contributed by atoms with Gasteiger partial charge in [-0.2, -0.15) is 0 Å². The summed E-state index contributed by atoms with van der Waals surface area (Å²) in [6.45, 7) is 8.14. The van der Waals surface area contributed by atoms with Crippen LogP contribution in [-0.2, 0) is 0 Å². The van der Waals surface area contributed by atoms with E-state index in [1.54, 1.807) is 0 Å².